The highest BCUT2D eigenvalue weighted by atomic mass is 15.1. The molecule has 0 aliphatic carbocycles. The number of likely N-dealkylation sites (tertiary alicyclic amines) is 1. The zero-order chi connectivity index (χ0) is 10.7. The molecule has 1 heteroatoms. The van der Waals surface area contributed by atoms with E-state index in [0.717, 1.165) is 23.8 Å². The second-order valence-electron chi connectivity index (χ2n) is 5.62. The fourth-order valence-corrected chi connectivity index (χ4v) is 2.87. The van der Waals surface area contributed by atoms with E-state index in [-0.39, 0.29) is 0 Å². The summed E-state index contributed by atoms with van der Waals surface area (Å²) < 4.78 is 0. The summed E-state index contributed by atoms with van der Waals surface area (Å²) in [5.41, 5.74) is 0. The van der Waals surface area contributed by atoms with Gasteiger partial charge in [-0.3, -0.25) is 0 Å². The van der Waals surface area contributed by atoms with Crippen LogP contribution < -0.4 is 0 Å². The Hall–Kier alpha value is -0.0400. The van der Waals surface area contributed by atoms with Crippen molar-refractivity contribution in [3.05, 3.63) is 0 Å². The van der Waals surface area contributed by atoms with E-state index in [4.69, 9.17) is 0 Å². The molecule has 84 valence electrons. The molecule has 0 amide bonds. The topological polar surface area (TPSA) is 3.24 Å². The van der Waals surface area contributed by atoms with E-state index in [0.29, 0.717) is 0 Å². The summed E-state index contributed by atoms with van der Waals surface area (Å²) in [6.45, 7) is 14.5. The highest BCUT2D eigenvalue weighted by molar-refractivity contribution is 4.78. The van der Waals surface area contributed by atoms with E-state index in [1.54, 1.807) is 0 Å². The number of nitrogens with zero attached hydrogens (tertiary/aromatic N) is 1. The van der Waals surface area contributed by atoms with Crippen LogP contribution in [0.15, 0.2) is 0 Å². The quantitative estimate of drug-likeness (QED) is 0.656. The van der Waals surface area contributed by atoms with Gasteiger partial charge in [-0.1, -0.05) is 20.8 Å². The van der Waals surface area contributed by atoms with Crippen molar-refractivity contribution in [2.24, 2.45) is 17.8 Å². The van der Waals surface area contributed by atoms with Gasteiger partial charge in [0, 0.05) is 12.6 Å². The molecular weight excluding hydrogens is 170 g/mol. The van der Waals surface area contributed by atoms with Gasteiger partial charge in [-0.05, 0) is 51.0 Å². The van der Waals surface area contributed by atoms with Crippen LogP contribution in [0.25, 0.3) is 0 Å². The summed E-state index contributed by atoms with van der Waals surface area (Å²) >= 11 is 0. The van der Waals surface area contributed by atoms with E-state index >= 15 is 0 Å². The van der Waals surface area contributed by atoms with Crippen LogP contribution in [-0.2, 0) is 0 Å². The number of hydrogen-bond acceptors (Lipinski definition) is 1. The van der Waals surface area contributed by atoms with Gasteiger partial charge in [0.1, 0.15) is 0 Å². The highest BCUT2D eigenvalue weighted by Gasteiger charge is 2.26. The van der Waals surface area contributed by atoms with E-state index in [9.17, 15) is 0 Å². The minimum atomic E-state index is 0.725. The average Bonchev–Trinajstić information content (AvgIpc) is 2.26. The molecule has 0 aromatic carbocycles. The van der Waals surface area contributed by atoms with Crippen molar-refractivity contribution in [2.45, 2.75) is 53.5 Å². The molecule has 14 heavy (non-hydrogen) atoms. The summed E-state index contributed by atoms with van der Waals surface area (Å²) in [7, 11) is 0. The molecule has 1 unspecified atom stereocenters. The molecule has 0 spiro atoms. The molecule has 2 atom stereocenters. The standard InChI is InChI=1S/C13H27N/c1-10(2)13-7-6-8-14(11(3)4)9-12(13)5/h10-13H,6-9H2,1-5H3/t12-,13?/m0/s1. The minimum absolute atomic E-state index is 0.725. The van der Waals surface area contributed by atoms with Gasteiger partial charge in [0.25, 0.3) is 0 Å². The van der Waals surface area contributed by atoms with Crippen LogP contribution in [0.3, 0.4) is 0 Å². The Morgan fingerprint density at radius 2 is 1.79 bits per heavy atom. The maximum absolute atomic E-state index is 2.65. The van der Waals surface area contributed by atoms with Crippen LogP contribution in [0, 0.1) is 17.8 Å². The van der Waals surface area contributed by atoms with Crippen LogP contribution in [0.2, 0.25) is 0 Å². The normalized spacial score (nSPS) is 31.1. The molecule has 0 saturated carbocycles. The predicted molar refractivity (Wildman–Crippen MR) is 63.4 cm³/mol. The molecule has 0 aromatic heterocycles. The van der Waals surface area contributed by atoms with Crippen LogP contribution in [-0.4, -0.2) is 24.0 Å². The highest BCUT2D eigenvalue weighted by Crippen LogP contribution is 2.29. The van der Waals surface area contributed by atoms with Crippen molar-refractivity contribution in [3.63, 3.8) is 0 Å². The Morgan fingerprint density at radius 3 is 2.29 bits per heavy atom. The Morgan fingerprint density at radius 1 is 1.14 bits per heavy atom. The van der Waals surface area contributed by atoms with E-state index in [1.165, 1.54) is 25.9 Å². The molecule has 0 bridgehead atoms. The van der Waals surface area contributed by atoms with Crippen LogP contribution in [0.1, 0.15) is 47.5 Å². The maximum atomic E-state index is 2.65. The molecular formula is C13H27N. The molecule has 1 aliphatic heterocycles. The Bertz CT molecular complexity index is 163. The zero-order valence-electron chi connectivity index (χ0n) is 10.6. The van der Waals surface area contributed by atoms with Crippen molar-refractivity contribution in [3.8, 4) is 0 Å². The fourth-order valence-electron chi connectivity index (χ4n) is 2.87. The third kappa shape index (κ3) is 2.98. The third-order valence-electron chi connectivity index (χ3n) is 3.82. The smallest absolute Gasteiger partial charge is 0.00387 e. The van der Waals surface area contributed by atoms with Gasteiger partial charge < -0.3 is 4.90 Å². The monoisotopic (exact) mass is 197 g/mol. The summed E-state index contributed by atoms with van der Waals surface area (Å²) in [6.07, 6.45) is 2.83. The second-order valence-corrected chi connectivity index (χ2v) is 5.62. The van der Waals surface area contributed by atoms with Gasteiger partial charge in [-0.25, -0.2) is 0 Å². The molecule has 1 rings (SSSR count). The first-order valence-electron chi connectivity index (χ1n) is 6.26. The lowest BCUT2D eigenvalue weighted by atomic mass is 9.82. The molecule has 1 saturated heterocycles. The molecule has 0 aromatic rings. The first-order valence-corrected chi connectivity index (χ1v) is 6.26. The van der Waals surface area contributed by atoms with Crippen molar-refractivity contribution >= 4 is 0 Å². The summed E-state index contributed by atoms with van der Waals surface area (Å²) in [6, 6.07) is 0.725. The average molecular weight is 197 g/mol. The molecule has 0 radical (unpaired) electrons. The van der Waals surface area contributed by atoms with Gasteiger partial charge in [0.2, 0.25) is 0 Å². The largest absolute Gasteiger partial charge is 0.301 e. The van der Waals surface area contributed by atoms with E-state index in [1.807, 2.05) is 0 Å². The van der Waals surface area contributed by atoms with Crippen molar-refractivity contribution < 1.29 is 0 Å². The van der Waals surface area contributed by atoms with Crippen LogP contribution in [0.4, 0.5) is 0 Å². The van der Waals surface area contributed by atoms with Crippen molar-refractivity contribution in [2.75, 3.05) is 13.1 Å². The SMILES string of the molecule is CC(C)C1CCCN(C(C)C)C[C@@H]1C. The van der Waals surface area contributed by atoms with Crippen LogP contribution >= 0.6 is 0 Å². The van der Waals surface area contributed by atoms with Gasteiger partial charge in [0.05, 0.1) is 0 Å². The molecule has 1 aliphatic rings. The van der Waals surface area contributed by atoms with E-state index < -0.39 is 0 Å². The van der Waals surface area contributed by atoms with Gasteiger partial charge in [-0.2, -0.15) is 0 Å². The summed E-state index contributed by atoms with van der Waals surface area (Å²) in [5.74, 6) is 2.68. The van der Waals surface area contributed by atoms with Gasteiger partial charge >= 0.3 is 0 Å². The Labute approximate surface area is 89.9 Å². The van der Waals surface area contributed by atoms with Gasteiger partial charge in [0.15, 0.2) is 0 Å². The first-order chi connectivity index (χ1) is 6.52. The summed E-state index contributed by atoms with van der Waals surface area (Å²) in [4.78, 5) is 2.65. The lowest BCUT2D eigenvalue weighted by molar-refractivity contribution is 0.179. The van der Waals surface area contributed by atoms with Crippen LogP contribution in [0.5, 0.6) is 0 Å². The van der Waals surface area contributed by atoms with Gasteiger partial charge in [-0.15, -0.1) is 0 Å². The maximum Gasteiger partial charge on any atom is 0.00387 e. The number of hydrogen-bond donors (Lipinski definition) is 0. The predicted octanol–water partition coefficient (Wildman–Crippen LogP) is 3.40. The second kappa shape index (κ2) is 5.16. The zero-order valence-corrected chi connectivity index (χ0v) is 10.6. The fraction of sp³-hybridized carbons (Fsp3) is 1.00. The molecule has 1 nitrogen and oxygen atoms in total. The van der Waals surface area contributed by atoms with Crippen molar-refractivity contribution in [1.82, 2.24) is 4.90 Å². The first kappa shape index (κ1) is 12.0. The van der Waals surface area contributed by atoms with Crippen molar-refractivity contribution in [1.29, 1.82) is 0 Å². The lowest BCUT2D eigenvalue weighted by Gasteiger charge is -2.30. The molecule has 1 heterocycles. The lowest BCUT2D eigenvalue weighted by Crippen LogP contribution is -2.35. The Balaban J connectivity index is 2.56. The minimum Gasteiger partial charge on any atom is -0.301 e. The third-order valence-corrected chi connectivity index (χ3v) is 3.82. The molecule has 1 fully saturated rings. The van der Waals surface area contributed by atoms with E-state index in [2.05, 4.69) is 39.5 Å². The summed E-state index contributed by atoms with van der Waals surface area (Å²) in [5, 5.41) is 0. The number of rotatable bonds is 2. The molecule has 0 N–H and O–H groups in total. The Kier molecular flexibility index (Phi) is 4.43.